The second kappa shape index (κ2) is 6.86. The molecule has 1 aromatic carbocycles. The van der Waals surface area contributed by atoms with E-state index < -0.39 is 11.9 Å². The van der Waals surface area contributed by atoms with Crippen LogP contribution in [0.2, 0.25) is 10.0 Å². The van der Waals surface area contributed by atoms with Crippen molar-refractivity contribution in [3.63, 3.8) is 0 Å². The molecule has 0 spiro atoms. The standard InChI is InChI=1S/C13H17Cl2NO2/c1-2-3-4-5-9(13(17)18)10-6-8(14)7-11(15)12(10)16/h6-7,9H,2-5,16H2,1H3,(H,17,18). The molecule has 0 aliphatic rings. The van der Waals surface area contributed by atoms with E-state index in [1.54, 1.807) is 6.07 Å². The number of carboxylic acid groups (broad SMARTS) is 1. The Kier molecular flexibility index (Phi) is 5.76. The van der Waals surface area contributed by atoms with Gasteiger partial charge in [-0.15, -0.1) is 0 Å². The number of nitrogens with two attached hydrogens (primary N) is 1. The summed E-state index contributed by atoms with van der Waals surface area (Å²) in [5, 5.41) is 10.0. The first-order valence-corrected chi connectivity index (χ1v) is 6.70. The van der Waals surface area contributed by atoms with Crippen LogP contribution in [0.3, 0.4) is 0 Å². The van der Waals surface area contributed by atoms with Crippen LogP contribution in [0.25, 0.3) is 0 Å². The zero-order valence-corrected chi connectivity index (χ0v) is 11.8. The number of hydrogen-bond donors (Lipinski definition) is 2. The molecule has 0 saturated heterocycles. The maximum atomic E-state index is 11.3. The summed E-state index contributed by atoms with van der Waals surface area (Å²) in [7, 11) is 0. The van der Waals surface area contributed by atoms with Crippen LogP contribution in [-0.4, -0.2) is 11.1 Å². The van der Waals surface area contributed by atoms with Gasteiger partial charge in [-0.1, -0.05) is 49.4 Å². The summed E-state index contributed by atoms with van der Waals surface area (Å²) in [6.07, 6.45) is 3.43. The van der Waals surface area contributed by atoms with Crippen LogP contribution in [0.5, 0.6) is 0 Å². The molecule has 0 saturated carbocycles. The van der Waals surface area contributed by atoms with Gasteiger partial charge in [0, 0.05) is 5.02 Å². The molecular formula is C13H17Cl2NO2. The third-order valence-corrected chi connectivity index (χ3v) is 3.43. The summed E-state index contributed by atoms with van der Waals surface area (Å²) < 4.78 is 0. The summed E-state index contributed by atoms with van der Waals surface area (Å²) >= 11 is 11.8. The monoisotopic (exact) mass is 289 g/mol. The van der Waals surface area contributed by atoms with Gasteiger partial charge in [0.25, 0.3) is 0 Å². The molecular weight excluding hydrogens is 273 g/mol. The number of halogens is 2. The van der Waals surface area contributed by atoms with Gasteiger partial charge < -0.3 is 10.8 Å². The Morgan fingerprint density at radius 3 is 2.61 bits per heavy atom. The Morgan fingerprint density at radius 2 is 2.06 bits per heavy atom. The van der Waals surface area contributed by atoms with Gasteiger partial charge in [-0.25, -0.2) is 0 Å². The van der Waals surface area contributed by atoms with E-state index in [2.05, 4.69) is 6.92 Å². The van der Waals surface area contributed by atoms with Gasteiger partial charge >= 0.3 is 5.97 Å². The van der Waals surface area contributed by atoms with Gasteiger partial charge in [-0.2, -0.15) is 0 Å². The van der Waals surface area contributed by atoms with E-state index in [0.29, 0.717) is 27.7 Å². The van der Waals surface area contributed by atoms with Crippen molar-refractivity contribution < 1.29 is 9.90 Å². The van der Waals surface area contributed by atoms with E-state index in [-0.39, 0.29) is 0 Å². The quantitative estimate of drug-likeness (QED) is 0.605. The maximum absolute atomic E-state index is 11.3. The minimum atomic E-state index is -0.892. The molecule has 0 heterocycles. The molecule has 3 nitrogen and oxygen atoms in total. The van der Waals surface area contributed by atoms with Gasteiger partial charge in [0.15, 0.2) is 0 Å². The van der Waals surface area contributed by atoms with E-state index in [9.17, 15) is 9.90 Å². The van der Waals surface area contributed by atoms with Crippen molar-refractivity contribution >= 4 is 34.9 Å². The van der Waals surface area contributed by atoms with Gasteiger partial charge in [0.05, 0.1) is 16.6 Å². The lowest BCUT2D eigenvalue weighted by Crippen LogP contribution is -2.14. The van der Waals surface area contributed by atoms with Crippen LogP contribution < -0.4 is 5.73 Å². The predicted octanol–water partition coefficient (Wildman–Crippen LogP) is 4.32. The summed E-state index contributed by atoms with van der Waals surface area (Å²) in [5.41, 5.74) is 6.66. The number of carboxylic acids is 1. The van der Waals surface area contributed by atoms with Crippen molar-refractivity contribution in [1.29, 1.82) is 0 Å². The van der Waals surface area contributed by atoms with Crippen LogP contribution >= 0.6 is 23.2 Å². The first kappa shape index (κ1) is 15.1. The Bertz CT molecular complexity index is 435. The number of benzene rings is 1. The van der Waals surface area contributed by atoms with Crippen LogP contribution in [0, 0.1) is 0 Å². The molecule has 0 bridgehead atoms. The van der Waals surface area contributed by atoms with Gasteiger partial charge in [0.1, 0.15) is 0 Å². The Balaban J connectivity index is 3.02. The normalized spacial score (nSPS) is 12.4. The number of carbonyl (C=O) groups is 1. The van der Waals surface area contributed by atoms with Crippen molar-refractivity contribution in [1.82, 2.24) is 0 Å². The second-order valence-corrected chi connectivity index (χ2v) is 5.12. The van der Waals surface area contributed by atoms with Crippen molar-refractivity contribution in [3.05, 3.63) is 27.7 Å². The maximum Gasteiger partial charge on any atom is 0.311 e. The highest BCUT2D eigenvalue weighted by Crippen LogP contribution is 2.35. The molecule has 5 heteroatoms. The Labute approximate surface area is 117 Å². The molecule has 0 aliphatic heterocycles. The Hall–Kier alpha value is -0.930. The van der Waals surface area contributed by atoms with Crippen molar-refractivity contribution in [2.75, 3.05) is 5.73 Å². The highest BCUT2D eigenvalue weighted by atomic mass is 35.5. The average Bonchev–Trinajstić information content (AvgIpc) is 2.29. The molecule has 0 aromatic heterocycles. The van der Waals surface area contributed by atoms with Crippen LogP contribution in [-0.2, 0) is 4.79 Å². The van der Waals surface area contributed by atoms with Crippen LogP contribution in [0.15, 0.2) is 12.1 Å². The molecule has 1 aromatic rings. The molecule has 0 fully saturated rings. The number of hydrogen-bond acceptors (Lipinski definition) is 2. The lowest BCUT2D eigenvalue weighted by atomic mass is 9.92. The number of rotatable bonds is 6. The molecule has 100 valence electrons. The molecule has 18 heavy (non-hydrogen) atoms. The highest BCUT2D eigenvalue weighted by molar-refractivity contribution is 6.36. The van der Waals surface area contributed by atoms with E-state index >= 15 is 0 Å². The fourth-order valence-electron chi connectivity index (χ4n) is 1.90. The third kappa shape index (κ3) is 3.79. The molecule has 0 amide bonds. The largest absolute Gasteiger partial charge is 0.481 e. The summed E-state index contributed by atoms with van der Waals surface area (Å²) in [6, 6.07) is 3.11. The van der Waals surface area contributed by atoms with Gasteiger partial charge in [-0.05, 0) is 24.1 Å². The lowest BCUT2D eigenvalue weighted by molar-refractivity contribution is -0.139. The number of nitrogen functional groups attached to an aromatic ring is 1. The highest BCUT2D eigenvalue weighted by Gasteiger charge is 2.23. The van der Waals surface area contributed by atoms with Gasteiger partial charge in [-0.3, -0.25) is 4.79 Å². The van der Waals surface area contributed by atoms with E-state index in [4.69, 9.17) is 28.9 Å². The fraction of sp³-hybridized carbons (Fsp3) is 0.462. The number of unbranched alkanes of at least 4 members (excludes halogenated alkanes) is 2. The fourth-order valence-corrected chi connectivity index (χ4v) is 2.41. The summed E-state index contributed by atoms with van der Waals surface area (Å²) in [5.74, 6) is -1.54. The lowest BCUT2D eigenvalue weighted by Gasteiger charge is -2.16. The number of aliphatic carboxylic acids is 1. The van der Waals surface area contributed by atoms with E-state index in [1.165, 1.54) is 6.07 Å². The molecule has 1 unspecified atom stereocenters. The smallest absolute Gasteiger partial charge is 0.311 e. The van der Waals surface area contributed by atoms with E-state index in [1.807, 2.05) is 0 Å². The Morgan fingerprint density at radius 1 is 1.39 bits per heavy atom. The first-order chi connectivity index (χ1) is 8.47. The minimum absolute atomic E-state index is 0.305. The first-order valence-electron chi connectivity index (χ1n) is 5.94. The van der Waals surface area contributed by atoms with Crippen LogP contribution in [0.4, 0.5) is 5.69 Å². The third-order valence-electron chi connectivity index (χ3n) is 2.90. The predicted molar refractivity (Wildman–Crippen MR) is 75.4 cm³/mol. The molecule has 1 rings (SSSR count). The van der Waals surface area contributed by atoms with Crippen molar-refractivity contribution in [2.45, 2.75) is 38.5 Å². The molecule has 3 N–H and O–H groups in total. The SMILES string of the molecule is CCCCCC(C(=O)O)c1cc(Cl)cc(Cl)c1N. The van der Waals surface area contributed by atoms with E-state index in [0.717, 1.165) is 19.3 Å². The van der Waals surface area contributed by atoms with Crippen molar-refractivity contribution in [2.24, 2.45) is 0 Å². The van der Waals surface area contributed by atoms with Gasteiger partial charge in [0.2, 0.25) is 0 Å². The topological polar surface area (TPSA) is 63.3 Å². The minimum Gasteiger partial charge on any atom is -0.481 e. The zero-order valence-electron chi connectivity index (χ0n) is 10.2. The number of anilines is 1. The summed E-state index contributed by atoms with van der Waals surface area (Å²) in [6.45, 7) is 2.07. The van der Waals surface area contributed by atoms with Crippen molar-refractivity contribution in [3.8, 4) is 0 Å². The second-order valence-electron chi connectivity index (χ2n) is 4.28. The van der Waals surface area contributed by atoms with Crippen LogP contribution in [0.1, 0.15) is 44.1 Å². The zero-order chi connectivity index (χ0) is 13.7. The summed E-state index contributed by atoms with van der Waals surface area (Å²) in [4.78, 5) is 11.3. The molecule has 0 aliphatic carbocycles. The molecule has 0 radical (unpaired) electrons. The average molecular weight is 290 g/mol. The molecule has 1 atom stereocenters.